The van der Waals surface area contributed by atoms with Crippen molar-refractivity contribution in [3.05, 3.63) is 0 Å². The maximum atomic E-state index is 11.6. The minimum Gasteiger partial charge on any atom is -0.342 e. The van der Waals surface area contributed by atoms with Gasteiger partial charge in [-0.2, -0.15) is 11.8 Å². The summed E-state index contributed by atoms with van der Waals surface area (Å²) < 4.78 is 0. The molecule has 0 radical (unpaired) electrons. The summed E-state index contributed by atoms with van der Waals surface area (Å²) in [5.41, 5.74) is 0. The smallest absolute Gasteiger partial charge is 0.244 e. The van der Waals surface area contributed by atoms with E-state index in [1.54, 1.807) is 11.8 Å². The third-order valence-corrected chi connectivity index (χ3v) is 2.97. The van der Waals surface area contributed by atoms with Crippen LogP contribution in [0.3, 0.4) is 0 Å². The molecule has 0 bridgehead atoms. The first-order valence-electron chi connectivity index (χ1n) is 5.14. The number of rotatable bonds is 4. The van der Waals surface area contributed by atoms with Crippen LogP contribution < -0.4 is 10.6 Å². The zero-order chi connectivity index (χ0) is 11.4. The van der Waals surface area contributed by atoms with Crippen LogP contribution in [-0.2, 0) is 9.59 Å². The molecule has 2 N–H and O–H groups in total. The Hall–Kier alpha value is -0.710. The van der Waals surface area contributed by atoms with Crippen LogP contribution in [0.15, 0.2) is 0 Å². The van der Waals surface area contributed by atoms with E-state index in [-0.39, 0.29) is 23.9 Å². The van der Waals surface area contributed by atoms with Crippen molar-refractivity contribution in [3.8, 4) is 0 Å². The maximum Gasteiger partial charge on any atom is 0.244 e. The van der Waals surface area contributed by atoms with Gasteiger partial charge in [-0.1, -0.05) is 13.8 Å². The number of piperazine rings is 1. The van der Waals surface area contributed by atoms with Crippen molar-refractivity contribution >= 4 is 23.6 Å². The Morgan fingerprint density at radius 1 is 1.20 bits per heavy atom. The van der Waals surface area contributed by atoms with Gasteiger partial charge < -0.3 is 10.6 Å². The molecule has 1 saturated heterocycles. The SMILES string of the molecule is CSCC1NC(=O)C(CC(C)C)NC1=O. The molecule has 2 unspecified atom stereocenters. The van der Waals surface area contributed by atoms with Crippen LogP contribution >= 0.6 is 11.8 Å². The molecule has 0 spiro atoms. The highest BCUT2D eigenvalue weighted by atomic mass is 32.2. The first-order chi connectivity index (χ1) is 7.04. The van der Waals surface area contributed by atoms with Crippen LogP contribution in [0, 0.1) is 5.92 Å². The Kier molecular flexibility index (Phi) is 4.45. The number of thioether (sulfide) groups is 1. The standard InChI is InChI=1S/C10H18N2O2S/c1-6(2)4-7-9(13)12-8(5-15-3)10(14)11-7/h6-8H,4-5H2,1-3H3,(H,11,14)(H,12,13). The van der Waals surface area contributed by atoms with Gasteiger partial charge in [0, 0.05) is 5.75 Å². The van der Waals surface area contributed by atoms with Crippen LogP contribution in [0.4, 0.5) is 0 Å². The highest BCUT2D eigenvalue weighted by Gasteiger charge is 2.33. The summed E-state index contributed by atoms with van der Waals surface area (Å²) in [5.74, 6) is 0.918. The lowest BCUT2D eigenvalue weighted by atomic mass is 10.0. The zero-order valence-electron chi connectivity index (χ0n) is 9.37. The van der Waals surface area contributed by atoms with Gasteiger partial charge in [0.1, 0.15) is 12.1 Å². The van der Waals surface area contributed by atoms with E-state index in [1.807, 2.05) is 20.1 Å². The van der Waals surface area contributed by atoms with Gasteiger partial charge >= 0.3 is 0 Å². The van der Waals surface area contributed by atoms with Crippen LogP contribution in [0.1, 0.15) is 20.3 Å². The van der Waals surface area contributed by atoms with Gasteiger partial charge in [-0.3, -0.25) is 9.59 Å². The molecule has 0 saturated carbocycles. The molecule has 4 nitrogen and oxygen atoms in total. The molecule has 0 aromatic rings. The monoisotopic (exact) mass is 230 g/mol. The van der Waals surface area contributed by atoms with Crippen molar-refractivity contribution in [2.75, 3.05) is 12.0 Å². The Morgan fingerprint density at radius 3 is 2.27 bits per heavy atom. The fourth-order valence-corrected chi connectivity index (χ4v) is 2.17. The van der Waals surface area contributed by atoms with Gasteiger partial charge in [0.25, 0.3) is 0 Å². The fourth-order valence-electron chi connectivity index (χ4n) is 1.60. The number of hydrogen-bond donors (Lipinski definition) is 2. The molecule has 1 rings (SSSR count). The maximum absolute atomic E-state index is 11.6. The zero-order valence-corrected chi connectivity index (χ0v) is 10.2. The van der Waals surface area contributed by atoms with Crippen molar-refractivity contribution in [2.45, 2.75) is 32.4 Å². The molecule has 1 aliphatic rings. The predicted octanol–water partition coefficient (Wildman–Crippen LogP) is 0.379. The summed E-state index contributed by atoms with van der Waals surface area (Å²) in [6, 6.07) is -0.716. The van der Waals surface area contributed by atoms with Crippen molar-refractivity contribution in [3.63, 3.8) is 0 Å². The Morgan fingerprint density at radius 2 is 1.73 bits per heavy atom. The molecule has 1 fully saturated rings. The summed E-state index contributed by atoms with van der Waals surface area (Å²) in [5, 5.41) is 5.52. The Bertz CT molecular complexity index is 256. The number of nitrogens with one attached hydrogen (secondary N) is 2. The molecule has 1 heterocycles. The van der Waals surface area contributed by atoms with E-state index in [1.165, 1.54) is 0 Å². The van der Waals surface area contributed by atoms with Crippen LogP contribution in [0.25, 0.3) is 0 Å². The van der Waals surface area contributed by atoms with Gasteiger partial charge in [-0.15, -0.1) is 0 Å². The van der Waals surface area contributed by atoms with Gasteiger partial charge in [-0.25, -0.2) is 0 Å². The summed E-state index contributed by atoms with van der Waals surface area (Å²) >= 11 is 1.55. The topological polar surface area (TPSA) is 58.2 Å². The van der Waals surface area contributed by atoms with Crippen molar-refractivity contribution < 1.29 is 9.59 Å². The normalized spacial score (nSPS) is 26.4. The minimum absolute atomic E-state index is 0.0534. The quantitative estimate of drug-likeness (QED) is 0.734. The molecule has 0 aromatic carbocycles. The Labute approximate surface area is 94.6 Å². The molecule has 5 heteroatoms. The summed E-state index contributed by atoms with van der Waals surface area (Å²) in [6.07, 6.45) is 2.61. The average molecular weight is 230 g/mol. The number of carbonyl (C=O) groups excluding carboxylic acids is 2. The first-order valence-corrected chi connectivity index (χ1v) is 6.53. The second-order valence-electron chi connectivity index (χ2n) is 4.21. The third kappa shape index (κ3) is 3.41. The summed E-state index contributed by atoms with van der Waals surface area (Å²) in [7, 11) is 0. The highest BCUT2D eigenvalue weighted by Crippen LogP contribution is 2.10. The van der Waals surface area contributed by atoms with E-state index >= 15 is 0 Å². The third-order valence-electron chi connectivity index (χ3n) is 2.31. The molecule has 1 aliphatic heterocycles. The fraction of sp³-hybridized carbons (Fsp3) is 0.800. The van der Waals surface area contributed by atoms with E-state index in [2.05, 4.69) is 10.6 Å². The van der Waals surface area contributed by atoms with Crippen molar-refractivity contribution in [1.29, 1.82) is 0 Å². The van der Waals surface area contributed by atoms with E-state index in [4.69, 9.17) is 0 Å². The van der Waals surface area contributed by atoms with Gasteiger partial charge in [0.2, 0.25) is 11.8 Å². The lowest BCUT2D eigenvalue weighted by Gasteiger charge is -2.30. The second kappa shape index (κ2) is 5.39. The van der Waals surface area contributed by atoms with Crippen LogP contribution in [0.2, 0.25) is 0 Å². The van der Waals surface area contributed by atoms with Crippen LogP contribution in [0.5, 0.6) is 0 Å². The molecular formula is C10H18N2O2S. The number of carbonyl (C=O) groups is 2. The van der Waals surface area contributed by atoms with E-state index in [0.29, 0.717) is 18.1 Å². The lowest BCUT2D eigenvalue weighted by Crippen LogP contribution is -2.62. The predicted molar refractivity (Wildman–Crippen MR) is 61.7 cm³/mol. The Balaban J connectivity index is 2.55. The van der Waals surface area contributed by atoms with Gasteiger partial charge in [0.05, 0.1) is 0 Å². The van der Waals surface area contributed by atoms with Crippen molar-refractivity contribution in [2.24, 2.45) is 5.92 Å². The molecule has 86 valence electrons. The molecule has 2 atom stereocenters. The van der Waals surface area contributed by atoms with Gasteiger partial charge in [0.15, 0.2) is 0 Å². The molecule has 0 aromatic heterocycles. The number of hydrogen-bond acceptors (Lipinski definition) is 3. The number of amides is 2. The molecule has 15 heavy (non-hydrogen) atoms. The lowest BCUT2D eigenvalue weighted by molar-refractivity contribution is -0.136. The van der Waals surface area contributed by atoms with Crippen LogP contribution in [-0.4, -0.2) is 35.9 Å². The molecule has 2 amide bonds. The minimum atomic E-state index is -0.365. The van der Waals surface area contributed by atoms with Crippen molar-refractivity contribution in [1.82, 2.24) is 10.6 Å². The van der Waals surface area contributed by atoms with Gasteiger partial charge in [-0.05, 0) is 18.6 Å². The van der Waals surface area contributed by atoms with E-state index < -0.39 is 0 Å². The van der Waals surface area contributed by atoms with E-state index in [9.17, 15) is 9.59 Å². The molecule has 0 aliphatic carbocycles. The summed E-state index contributed by atoms with van der Waals surface area (Å²) in [6.45, 7) is 4.07. The summed E-state index contributed by atoms with van der Waals surface area (Å²) in [4.78, 5) is 23.2. The second-order valence-corrected chi connectivity index (χ2v) is 5.12. The van der Waals surface area contributed by atoms with E-state index in [0.717, 1.165) is 0 Å². The first kappa shape index (κ1) is 12.4. The molecular weight excluding hydrogens is 212 g/mol. The largest absolute Gasteiger partial charge is 0.342 e. The average Bonchev–Trinajstić information content (AvgIpc) is 2.13. The highest BCUT2D eigenvalue weighted by molar-refractivity contribution is 7.98.